The largest absolute Gasteiger partial charge is 0.463 e. The zero-order valence-corrected chi connectivity index (χ0v) is 16.6. The molecule has 25 heavy (non-hydrogen) atoms. The van der Waals surface area contributed by atoms with Crippen molar-refractivity contribution in [1.29, 1.82) is 0 Å². The Hall–Kier alpha value is -1.78. The van der Waals surface area contributed by atoms with Crippen molar-refractivity contribution in [3.8, 4) is 0 Å². The van der Waals surface area contributed by atoms with Crippen molar-refractivity contribution in [1.82, 2.24) is 4.90 Å². The quantitative estimate of drug-likeness (QED) is 0.462. The molecule has 2 aromatic heterocycles. The molecule has 0 atom stereocenters. The molecular formula is C15H9Br2NO6S. The first-order chi connectivity index (χ1) is 11.9. The molecule has 0 unspecified atom stereocenters. The van der Waals surface area contributed by atoms with E-state index in [2.05, 4.69) is 36.6 Å². The molecule has 2 amide bonds. The van der Waals surface area contributed by atoms with E-state index in [0.717, 1.165) is 16.7 Å². The number of ether oxygens (including phenoxy) is 1. The predicted molar refractivity (Wildman–Crippen MR) is 95.7 cm³/mol. The Morgan fingerprint density at radius 3 is 2.72 bits per heavy atom. The number of carbonyl (C=O) groups is 3. The van der Waals surface area contributed by atoms with Crippen LogP contribution >= 0.6 is 43.6 Å². The highest BCUT2D eigenvalue weighted by Crippen LogP contribution is 2.35. The number of imide groups is 1. The van der Waals surface area contributed by atoms with Gasteiger partial charge in [-0.3, -0.25) is 14.5 Å². The van der Waals surface area contributed by atoms with E-state index in [1.807, 2.05) is 0 Å². The zero-order valence-electron chi connectivity index (χ0n) is 12.6. The maximum atomic E-state index is 12.4. The van der Waals surface area contributed by atoms with Gasteiger partial charge in [0.15, 0.2) is 4.67 Å². The summed E-state index contributed by atoms with van der Waals surface area (Å²) in [4.78, 5) is 37.2. The van der Waals surface area contributed by atoms with Crippen LogP contribution in [-0.2, 0) is 16.1 Å². The lowest BCUT2D eigenvalue weighted by Gasteiger charge is -2.09. The van der Waals surface area contributed by atoms with Crippen LogP contribution in [0.15, 0.2) is 41.1 Å². The van der Waals surface area contributed by atoms with Gasteiger partial charge in [0.2, 0.25) is 5.76 Å². The third kappa shape index (κ3) is 3.75. The normalized spacial score (nSPS) is 16.1. The summed E-state index contributed by atoms with van der Waals surface area (Å²) in [5.74, 6) is -0.364. The monoisotopic (exact) mass is 489 g/mol. The van der Waals surface area contributed by atoms with Crippen LogP contribution in [0.2, 0.25) is 0 Å². The van der Waals surface area contributed by atoms with E-state index in [1.54, 1.807) is 6.07 Å². The number of halogens is 2. The van der Waals surface area contributed by atoms with E-state index in [1.165, 1.54) is 25.3 Å². The van der Waals surface area contributed by atoms with Crippen molar-refractivity contribution in [2.24, 2.45) is 0 Å². The first-order valence-corrected chi connectivity index (χ1v) is 9.16. The first-order valence-electron chi connectivity index (χ1n) is 6.76. The molecule has 0 spiro atoms. The van der Waals surface area contributed by atoms with Gasteiger partial charge >= 0.3 is 5.97 Å². The van der Waals surface area contributed by atoms with Gasteiger partial charge < -0.3 is 13.6 Å². The Morgan fingerprint density at radius 2 is 2.08 bits per heavy atom. The smallest absolute Gasteiger partial charge is 0.373 e. The number of nitrogens with zero attached hydrogens (tertiary/aromatic N) is 1. The van der Waals surface area contributed by atoms with E-state index >= 15 is 0 Å². The molecule has 1 aliphatic heterocycles. The molecular weight excluding hydrogens is 482 g/mol. The fraction of sp³-hybridized carbons (Fsp3) is 0.133. The topological polar surface area (TPSA) is 90.0 Å². The second-order valence-corrected chi connectivity index (χ2v) is 7.36. The highest BCUT2D eigenvalue weighted by molar-refractivity contribution is 9.13. The predicted octanol–water partition coefficient (Wildman–Crippen LogP) is 4.42. The van der Waals surface area contributed by atoms with Crippen LogP contribution in [0.3, 0.4) is 0 Å². The van der Waals surface area contributed by atoms with Gasteiger partial charge in [-0.05, 0) is 61.8 Å². The molecule has 10 heteroatoms. The fourth-order valence-corrected chi connectivity index (χ4v) is 3.46. The van der Waals surface area contributed by atoms with Crippen molar-refractivity contribution in [2.45, 2.75) is 6.54 Å². The van der Waals surface area contributed by atoms with Gasteiger partial charge in [0.05, 0.1) is 23.0 Å². The molecule has 130 valence electrons. The Balaban J connectivity index is 1.77. The molecule has 1 fully saturated rings. The average molecular weight is 491 g/mol. The number of furan rings is 2. The molecule has 1 aliphatic rings. The van der Waals surface area contributed by atoms with Crippen LogP contribution < -0.4 is 0 Å². The highest BCUT2D eigenvalue weighted by atomic mass is 79.9. The van der Waals surface area contributed by atoms with E-state index < -0.39 is 17.1 Å². The number of rotatable bonds is 4. The lowest BCUT2D eigenvalue weighted by atomic mass is 10.3. The molecule has 3 rings (SSSR count). The SMILES string of the molecule is COC(=O)c1ccc(CN2C(=O)SC(=Cc3cc(Br)c(Br)o3)C2=O)o1. The third-order valence-electron chi connectivity index (χ3n) is 3.17. The molecule has 1 saturated heterocycles. The van der Waals surface area contributed by atoms with Crippen molar-refractivity contribution in [2.75, 3.05) is 7.11 Å². The highest BCUT2D eigenvalue weighted by Gasteiger charge is 2.36. The fourth-order valence-electron chi connectivity index (χ4n) is 2.03. The Bertz CT molecular complexity index is 880. The number of methoxy groups -OCH3 is 1. The van der Waals surface area contributed by atoms with Gasteiger partial charge in [-0.2, -0.15) is 0 Å². The van der Waals surface area contributed by atoms with Crippen molar-refractivity contribution in [3.63, 3.8) is 0 Å². The molecule has 0 aromatic carbocycles. The van der Waals surface area contributed by atoms with Gasteiger partial charge in [0.25, 0.3) is 11.1 Å². The first kappa shape index (κ1) is 18.0. The summed E-state index contributed by atoms with van der Waals surface area (Å²) < 4.78 is 16.4. The molecule has 2 aromatic rings. The Morgan fingerprint density at radius 1 is 1.32 bits per heavy atom. The van der Waals surface area contributed by atoms with Crippen LogP contribution in [0.1, 0.15) is 22.1 Å². The molecule has 0 radical (unpaired) electrons. The number of hydrogen-bond donors (Lipinski definition) is 0. The standard InChI is InChI=1S/C15H9Br2NO6S/c1-22-14(20)10-3-2-7(23-10)6-18-13(19)11(25-15(18)21)5-8-4-9(16)12(17)24-8/h2-5H,6H2,1H3. The number of hydrogen-bond acceptors (Lipinski definition) is 7. The average Bonchev–Trinajstić information content (AvgIpc) is 3.23. The second-order valence-electron chi connectivity index (χ2n) is 4.80. The maximum absolute atomic E-state index is 12.4. The van der Waals surface area contributed by atoms with Gasteiger partial charge in [0, 0.05) is 6.08 Å². The summed E-state index contributed by atoms with van der Waals surface area (Å²) in [6, 6.07) is 4.61. The van der Waals surface area contributed by atoms with E-state index in [0.29, 0.717) is 20.7 Å². The second kappa shape index (κ2) is 7.22. The Labute approximate surface area is 162 Å². The third-order valence-corrected chi connectivity index (χ3v) is 5.79. The summed E-state index contributed by atoms with van der Waals surface area (Å²) in [5, 5.41) is -0.433. The minimum absolute atomic E-state index is 0.00491. The van der Waals surface area contributed by atoms with E-state index in [-0.39, 0.29) is 17.2 Å². The van der Waals surface area contributed by atoms with Crippen LogP contribution in [0.25, 0.3) is 6.08 Å². The maximum Gasteiger partial charge on any atom is 0.373 e. The van der Waals surface area contributed by atoms with Crippen LogP contribution in [0, 0.1) is 0 Å². The lowest BCUT2D eigenvalue weighted by molar-refractivity contribution is -0.123. The Kier molecular flexibility index (Phi) is 5.21. The molecule has 0 N–H and O–H groups in total. The number of amides is 2. The van der Waals surface area contributed by atoms with Crippen molar-refractivity contribution < 1.29 is 28.0 Å². The minimum atomic E-state index is -0.630. The van der Waals surface area contributed by atoms with Gasteiger partial charge in [-0.1, -0.05) is 0 Å². The van der Waals surface area contributed by atoms with Gasteiger partial charge in [0.1, 0.15) is 11.5 Å². The number of carbonyl (C=O) groups excluding carboxylic acids is 3. The number of thioether (sulfide) groups is 1. The summed E-state index contributed by atoms with van der Waals surface area (Å²) in [5.41, 5.74) is 0. The summed E-state index contributed by atoms with van der Waals surface area (Å²) in [6.07, 6.45) is 1.49. The molecule has 0 saturated carbocycles. The summed E-state index contributed by atoms with van der Waals surface area (Å²) >= 11 is 7.29. The van der Waals surface area contributed by atoms with Crippen molar-refractivity contribution >= 4 is 66.8 Å². The minimum Gasteiger partial charge on any atom is -0.463 e. The van der Waals surface area contributed by atoms with Crippen molar-refractivity contribution in [3.05, 3.63) is 49.5 Å². The summed E-state index contributed by atoms with van der Waals surface area (Å²) in [7, 11) is 1.23. The van der Waals surface area contributed by atoms with E-state index in [9.17, 15) is 14.4 Å². The molecule has 0 bridgehead atoms. The van der Waals surface area contributed by atoms with Crippen LogP contribution in [-0.4, -0.2) is 29.1 Å². The lowest BCUT2D eigenvalue weighted by Crippen LogP contribution is -2.27. The molecule has 7 nitrogen and oxygen atoms in total. The zero-order chi connectivity index (χ0) is 18.1. The van der Waals surface area contributed by atoms with Crippen LogP contribution in [0.4, 0.5) is 4.79 Å². The van der Waals surface area contributed by atoms with Crippen LogP contribution in [0.5, 0.6) is 0 Å². The van der Waals surface area contributed by atoms with Gasteiger partial charge in [-0.25, -0.2) is 4.79 Å². The van der Waals surface area contributed by atoms with E-state index in [4.69, 9.17) is 8.83 Å². The molecule has 0 aliphatic carbocycles. The van der Waals surface area contributed by atoms with Gasteiger partial charge in [-0.15, -0.1) is 0 Å². The molecule has 3 heterocycles. The number of esters is 1. The summed E-state index contributed by atoms with van der Waals surface area (Å²) in [6.45, 7) is -0.0788.